The molecule has 1 heterocycles. The first-order chi connectivity index (χ1) is 7.65. The molecule has 0 radical (unpaired) electrons. The average Bonchev–Trinajstić information content (AvgIpc) is 2.63. The number of H-pyrrole nitrogens is 1. The molecule has 88 valence electrons. The molecule has 1 aromatic heterocycles. The monoisotopic (exact) mass is 285 g/mol. The predicted octanol–water partition coefficient (Wildman–Crippen LogP) is 4.97. The van der Waals surface area contributed by atoms with Crippen LogP contribution in [-0.4, -0.2) is 4.98 Å². The number of aromatic nitrogens is 1. The smallest absolute Gasteiger partial charge is 0.161 e. The van der Waals surface area contributed by atoms with Gasteiger partial charge in [-0.1, -0.05) is 26.8 Å². The number of fused-ring (bicyclic) bond motifs is 1. The Kier molecular flexibility index (Phi) is 4.54. The molecule has 0 bridgehead atoms. The summed E-state index contributed by atoms with van der Waals surface area (Å²) in [7, 11) is 0. The number of hydrogen-bond acceptors (Lipinski definition) is 0. The summed E-state index contributed by atoms with van der Waals surface area (Å²) in [5, 5.41) is 0.991. The highest BCUT2D eigenvalue weighted by molar-refractivity contribution is 9.10. The maximum absolute atomic E-state index is 13.6. The van der Waals surface area contributed by atoms with Gasteiger partial charge < -0.3 is 4.98 Å². The van der Waals surface area contributed by atoms with Gasteiger partial charge in [0, 0.05) is 11.1 Å². The Morgan fingerprint density at radius 2 is 1.94 bits per heavy atom. The number of aromatic amines is 1. The fraction of sp³-hybridized carbons (Fsp3) is 0.385. The third kappa shape index (κ3) is 2.14. The minimum Gasteiger partial charge on any atom is -0.356 e. The molecule has 16 heavy (non-hydrogen) atoms. The van der Waals surface area contributed by atoms with E-state index >= 15 is 0 Å². The molecule has 0 atom stereocenters. The van der Waals surface area contributed by atoms with Crippen LogP contribution >= 0.6 is 15.9 Å². The first-order valence-electron chi connectivity index (χ1n) is 5.60. The van der Waals surface area contributed by atoms with Crippen molar-refractivity contribution in [1.29, 1.82) is 0 Å². The zero-order chi connectivity index (χ0) is 12.3. The molecule has 0 unspecified atom stereocenters. The number of halogens is 2. The van der Waals surface area contributed by atoms with E-state index in [0.717, 1.165) is 17.5 Å². The van der Waals surface area contributed by atoms with Crippen LogP contribution in [-0.2, 0) is 6.42 Å². The Labute approximate surface area is 104 Å². The zero-order valence-electron chi connectivity index (χ0n) is 10.1. The molecule has 0 fully saturated rings. The number of aryl methyl sites for hydroxylation is 2. The second-order valence-electron chi connectivity index (χ2n) is 3.37. The lowest BCUT2D eigenvalue weighted by Gasteiger charge is -1.97. The van der Waals surface area contributed by atoms with Crippen LogP contribution in [0.3, 0.4) is 0 Å². The predicted molar refractivity (Wildman–Crippen MR) is 71.4 cm³/mol. The lowest BCUT2D eigenvalue weighted by molar-refractivity contribution is 0.630. The van der Waals surface area contributed by atoms with Crippen molar-refractivity contribution in [3.63, 3.8) is 0 Å². The second-order valence-corrected chi connectivity index (χ2v) is 4.22. The third-order valence-corrected chi connectivity index (χ3v) is 3.15. The molecule has 1 nitrogen and oxygen atoms in total. The van der Waals surface area contributed by atoms with Gasteiger partial charge in [0.25, 0.3) is 0 Å². The molecule has 0 aliphatic carbocycles. The minimum atomic E-state index is -0.203. The number of rotatable bonds is 1. The summed E-state index contributed by atoms with van der Waals surface area (Å²) in [6.45, 7) is 8.06. The summed E-state index contributed by atoms with van der Waals surface area (Å²) < 4.78 is 14.2. The van der Waals surface area contributed by atoms with Gasteiger partial charge >= 0.3 is 0 Å². The van der Waals surface area contributed by atoms with Crippen LogP contribution in [0.2, 0.25) is 0 Å². The van der Waals surface area contributed by atoms with Gasteiger partial charge in [0.1, 0.15) is 0 Å². The van der Waals surface area contributed by atoms with Crippen molar-refractivity contribution < 1.29 is 4.39 Å². The van der Waals surface area contributed by atoms with E-state index in [9.17, 15) is 4.39 Å². The summed E-state index contributed by atoms with van der Waals surface area (Å²) >= 11 is 3.18. The summed E-state index contributed by atoms with van der Waals surface area (Å²) in [6, 6.07) is 3.70. The van der Waals surface area contributed by atoms with E-state index in [-0.39, 0.29) is 5.82 Å². The Hall–Kier alpha value is -0.830. The number of hydrogen-bond donors (Lipinski definition) is 1. The van der Waals surface area contributed by atoms with Gasteiger partial charge in [-0.25, -0.2) is 4.39 Å². The van der Waals surface area contributed by atoms with E-state index in [0.29, 0.717) is 9.99 Å². The van der Waals surface area contributed by atoms with Crippen LogP contribution in [0.15, 0.2) is 16.6 Å². The maximum Gasteiger partial charge on any atom is 0.161 e. The zero-order valence-corrected chi connectivity index (χ0v) is 11.7. The van der Waals surface area contributed by atoms with Gasteiger partial charge in [-0.2, -0.15) is 0 Å². The van der Waals surface area contributed by atoms with E-state index in [4.69, 9.17) is 0 Å². The first-order valence-corrected chi connectivity index (χ1v) is 6.39. The van der Waals surface area contributed by atoms with E-state index < -0.39 is 0 Å². The highest BCUT2D eigenvalue weighted by Crippen LogP contribution is 2.28. The van der Waals surface area contributed by atoms with Crippen molar-refractivity contribution in [2.24, 2.45) is 0 Å². The number of nitrogens with one attached hydrogen (secondary N) is 1. The first kappa shape index (κ1) is 13.2. The summed E-state index contributed by atoms with van der Waals surface area (Å²) in [5.41, 5.74) is 2.86. The molecular weight excluding hydrogens is 269 g/mol. The molecule has 0 aliphatic heterocycles. The maximum atomic E-state index is 13.6. The third-order valence-electron chi connectivity index (χ3n) is 2.54. The van der Waals surface area contributed by atoms with Gasteiger partial charge in [-0.3, -0.25) is 0 Å². The summed E-state index contributed by atoms with van der Waals surface area (Å²) in [6.07, 6.45) is 0.924. The molecule has 0 amide bonds. The van der Waals surface area contributed by atoms with Crippen molar-refractivity contribution in [3.05, 3.63) is 33.7 Å². The normalized spacial score (nSPS) is 10.1. The van der Waals surface area contributed by atoms with Gasteiger partial charge in [0.2, 0.25) is 0 Å². The molecule has 1 N–H and O–H groups in total. The van der Waals surface area contributed by atoms with Crippen molar-refractivity contribution in [2.45, 2.75) is 34.1 Å². The largest absolute Gasteiger partial charge is 0.356 e. The fourth-order valence-corrected chi connectivity index (χ4v) is 2.18. The molecule has 0 spiro atoms. The molecule has 3 heteroatoms. The summed E-state index contributed by atoms with van der Waals surface area (Å²) in [4.78, 5) is 3.08. The summed E-state index contributed by atoms with van der Waals surface area (Å²) in [5.74, 6) is -0.203. The standard InChI is InChI=1S/C11H11BrFN.C2H6/c1-3-7-6(2)14-11-8(7)4-5-9(12)10(11)13;1-2/h4-5,14H,3H2,1-2H3;1-2H3. The molecule has 0 aliphatic rings. The lowest BCUT2D eigenvalue weighted by atomic mass is 10.1. The second kappa shape index (κ2) is 5.48. The van der Waals surface area contributed by atoms with Crippen molar-refractivity contribution in [3.8, 4) is 0 Å². The molecule has 1 aromatic carbocycles. The quantitative estimate of drug-likeness (QED) is 0.762. The van der Waals surface area contributed by atoms with Gasteiger partial charge in [0.05, 0.1) is 9.99 Å². The van der Waals surface area contributed by atoms with Crippen molar-refractivity contribution in [1.82, 2.24) is 4.98 Å². The van der Waals surface area contributed by atoms with Gasteiger partial charge in [-0.15, -0.1) is 0 Å². The van der Waals surface area contributed by atoms with E-state index in [1.165, 1.54) is 5.56 Å². The van der Waals surface area contributed by atoms with Gasteiger partial charge in [0.15, 0.2) is 5.82 Å². The van der Waals surface area contributed by atoms with E-state index in [2.05, 4.69) is 27.8 Å². The molecule has 2 rings (SSSR count). The highest BCUT2D eigenvalue weighted by atomic mass is 79.9. The Bertz CT molecular complexity index is 488. The minimum absolute atomic E-state index is 0.203. The average molecular weight is 286 g/mol. The van der Waals surface area contributed by atoms with Crippen LogP contribution in [0.4, 0.5) is 4.39 Å². The lowest BCUT2D eigenvalue weighted by Crippen LogP contribution is -1.81. The molecular formula is C13H17BrFN. The van der Waals surface area contributed by atoms with E-state index in [1.807, 2.05) is 26.8 Å². The SMILES string of the molecule is CC.CCc1c(C)[nH]c2c(F)c(Br)ccc12. The van der Waals surface area contributed by atoms with Crippen LogP contribution in [0.5, 0.6) is 0 Å². The Morgan fingerprint density at radius 3 is 2.50 bits per heavy atom. The molecule has 0 saturated heterocycles. The van der Waals surface area contributed by atoms with Crippen LogP contribution in [0, 0.1) is 12.7 Å². The number of benzene rings is 1. The Balaban J connectivity index is 0.000000606. The van der Waals surface area contributed by atoms with Crippen molar-refractivity contribution in [2.75, 3.05) is 0 Å². The van der Waals surface area contributed by atoms with E-state index in [1.54, 1.807) is 6.07 Å². The van der Waals surface area contributed by atoms with Crippen molar-refractivity contribution >= 4 is 26.8 Å². The van der Waals surface area contributed by atoms with Crippen LogP contribution < -0.4 is 0 Å². The van der Waals surface area contributed by atoms with Gasteiger partial charge in [-0.05, 0) is 40.9 Å². The van der Waals surface area contributed by atoms with Crippen LogP contribution in [0.1, 0.15) is 32.0 Å². The fourth-order valence-electron chi connectivity index (χ4n) is 1.84. The molecule has 2 aromatic rings. The highest BCUT2D eigenvalue weighted by Gasteiger charge is 2.11. The molecule has 0 saturated carbocycles. The topological polar surface area (TPSA) is 15.8 Å². The Morgan fingerprint density at radius 1 is 1.31 bits per heavy atom. The van der Waals surface area contributed by atoms with Crippen LogP contribution in [0.25, 0.3) is 10.9 Å².